The molecule has 1 aromatic heterocycles. The summed E-state index contributed by atoms with van der Waals surface area (Å²) in [6, 6.07) is 13.4. The molecule has 4 rings (SSSR count). The summed E-state index contributed by atoms with van der Waals surface area (Å²) in [5.41, 5.74) is 1.77. The number of hydrogen-bond acceptors (Lipinski definition) is 5. The largest absolute Gasteiger partial charge is 0.495 e. The highest BCUT2D eigenvalue weighted by atomic mass is 35.5. The van der Waals surface area contributed by atoms with Crippen LogP contribution in [-0.2, 0) is 6.54 Å². The first kappa shape index (κ1) is 24.6. The second kappa shape index (κ2) is 11.3. The average molecular weight is 484 g/mol. The molecule has 0 saturated carbocycles. The predicted octanol–water partition coefficient (Wildman–Crippen LogP) is 4.84. The van der Waals surface area contributed by atoms with Crippen LogP contribution in [0.2, 0.25) is 5.02 Å². The van der Waals surface area contributed by atoms with E-state index in [9.17, 15) is 4.79 Å². The number of para-hydroxylation sites is 1. The van der Waals surface area contributed by atoms with Crippen molar-refractivity contribution in [2.24, 2.45) is 5.92 Å². The molecular weight excluding hydrogens is 450 g/mol. The molecule has 0 radical (unpaired) electrons. The molecule has 0 amide bonds. The molecule has 1 aliphatic rings. The molecule has 1 fully saturated rings. The molecule has 1 aliphatic heterocycles. The summed E-state index contributed by atoms with van der Waals surface area (Å²) in [5, 5.41) is 1.69. The zero-order valence-electron chi connectivity index (χ0n) is 20.3. The Kier molecular flexibility index (Phi) is 8.14. The number of Topliss-reactive ketones (excluding diaryl/α,β-unsaturated/α-hetero) is 1. The monoisotopic (exact) mass is 483 g/mol. The minimum atomic E-state index is 0.0841. The van der Waals surface area contributed by atoms with Gasteiger partial charge in [0.15, 0.2) is 5.78 Å². The number of aromatic nitrogens is 1. The first-order chi connectivity index (χ1) is 16.4. The van der Waals surface area contributed by atoms with Crippen LogP contribution >= 0.6 is 11.6 Å². The Labute approximate surface area is 207 Å². The molecule has 34 heavy (non-hydrogen) atoms. The minimum Gasteiger partial charge on any atom is -0.495 e. The number of benzene rings is 2. The molecule has 2 aromatic carbocycles. The number of halogens is 1. The van der Waals surface area contributed by atoms with Crippen LogP contribution in [0.25, 0.3) is 10.9 Å². The highest BCUT2D eigenvalue weighted by Crippen LogP contribution is 2.31. The zero-order chi connectivity index (χ0) is 24.1. The summed E-state index contributed by atoms with van der Waals surface area (Å²) in [4.78, 5) is 17.2. The molecule has 1 saturated heterocycles. The molecule has 2 heterocycles. The lowest BCUT2D eigenvalue weighted by Gasteiger charge is -2.36. The number of ketones is 1. The topological polar surface area (TPSA) is 46.9 Å². The van der Waals surface area contributed by atoms with Crippen molar-refractivity contribution in [3.8, 4) is 11.5 Å². The quantitative estimate of drug-likeness (QED) is 0.386. The molecule has 0 bridgehead atoms. The molecule has 3 aromatic rings. The molecule has 0 N–H and O–H groups in total. The van der Waals surface area contributed by atoms with Crippen molar-refractivity contribution >= 4 is 28.3 Å². The normalized spacial score (nSPS) is 16.0. The van der Waals surface area contributed by atoms with Crippen molar-refractivity contribution in [3.63, 3.8) is 0 Å². The van der Waals surface area contributed by atoms with Gasteiger partial charge >= 0.3 is 0 Å². The van der Waals surface area contributed by atoms with Gasteiger partial charge in [0, 0.05) is 68.0 Å². The van der Waals surface area contributed by atoms with Crippen LogP contribution in [-0.4, -0.2) is 73.1 Å². The van der Waals surface area contributed by atoms with Crippen molar-refractivity contribution in [2.75, 3.05) is 53.0 Å². The Bertz CT molecular complexity index is 1100. The van der Waals surface area contributed by atoms with Crippen LogP contribution < -0.4 is 9.47 Å². The SMILES string of the molecule is COc1cccc2c(C(C)=O)cn(CC(C)CN3CCN(CCOc4ccc(Cl)cc4)CC3)c12. The van der Waals surface area contributed by atoms with E-state index in [1.165, 1.54) is 0 Å². The smallest absolute Gasteiger partial charge is 0.161 e. The van der Waals surface area contributed by atoms with Gasteiger partial charge in [0.1, 0.15) is 18.1 Å². The van der Waals surface area contributed by atoms with Gasteiger partial charge in [0.05, 0.1) is 12.6 Å². The Hall–Kier alpha value is -2.54. The van der Waals surface area contributed by atoms with E-state index in [0.29, 0.717) is 12.5 Å². The van der Waals surface area contributed by atoms with Gasteiger partial charge < -0.3 is 18.9 Å². The van der Waals surface area contributed by atoms with Gasteiger partial charge in [-0.05, 0) is 43.2 Å². The van der Waals surface area contributed by atoms with Crippen molar-refractivity contribution < 1.29 is 14.3 Å². The van der Waals surface area contributed by atoms with E-state index in [1.807, 2.05) is 48.7 Å². The number of carbonyl (C=O) groups is 1. The van der Waals surface area contributed by atoms with Gasteiger partial charge in [-0.3, -0.25) is 9.69 Å². The maximum absolute atomic E-state index is 12.2. The van der Waals surface area contributed by atoms with Gasteiger partial charge in [-0.1, -0.05) is 30.7 Å². The fraction of sp³-hybridized carbons (Fsp3) is 0.444. The number of ether oxygens (including phenoxy) is 2. The third kappa shape index (κ3) is 5.93. The van der Waals surface area contributed by atoms with Gasteiger partial charge in [0.25, 0.3) is 0 Å². The van der Waals surface area contributed by atoms with Gasteiger partial charge in [-0.25, -0.2) is 0 Å². The highest BCUT2D eigenvalue weighted by Gasteiger charge is 2.21. The summed E-state index contributed by atoms with van der Waals surface area (Å²) < 4.78 is 13.6. The van der Waals surface area contributed by atoms with Crippen molar-refractivity contribution in [1.82, 2.24) is 14.4 Å². The first-order valence-electron chi connectivity index (χ1n) is 11.9. The third-order valence-electron chi connectivity index (χ3n) is 6.49. The molecule has 0 spiro atoms. The molecule has 6 nitrogen and oxygen atoms in total. The Morgan fingerprint density at radius 2 is 1.74 bits per heavy atom. The van der Waals surface area contributed by atoms with Crippen LogP contribution in [0.5, 0.6) is 11.5 Å². The molecular formula is C27H34ClN3O3. The maximum Gasteiger partial charge on any atom is 0.161 e. The minimum absolute atomic E-state index is 0.0841. The summed E-state index contributed by atoms with van der Waals surface area (Å²) in [6.07, 6.45) is 1.99. The summed E-state index contributed by atoms with van der Waals surface area (Å²) in [5.74, 6) is 2.20. The van der Waals surface area contributed by atoms with E-state index in [0.717, 1.165) is 78.8 Å². The average Bonchev–Trinajstić information content (AvgIpc) is 3.20. The Morgan fingerprint density at radius 3 is 2.41 bits per heavy atom. The van der Waals surface area contributed by atoms with Crippen LogP contribution in [0.15, 0.2) is 48.7 Å². The van der Waals surface area contributed by atoms with E-state index in [-0.39, 0.29) is 5.78 Å². The Morgan fingerprint density at radius 1 is 1.03 bits per heavy atom. The van der Waals surface area contributed by atoms with E-state index in [2.05, 4.69) is 21.3 Å². The second-order valence-corrected chi connectivity index (χ2v) is 9.59. The number of carbonyl (C=O) groups excluding carboxylic acids is 1. The maximum atomic E-state index is 12.2. The molecule has 7 heteroatoms. The van der Waals surface area contributed by atoms with Crippen LogP contribution in [0, 0.1) is 5.92 Å². The van der Waals surface area contributed by atoms with E-state index in [1.54, 1.807) is 14.0 Å². The fourth-order valence-electron chi connectivity index (χ4n) is 4.77. The van der Waals surface area contributed by atoms with Crippen molar-refractivity contribution in [2.45, 2.75) is 20.4 Å². The lowest BCUT2D eigenvalue weighted by atomic mass is 10.1. The van der Waals surface area contributed by atoms with Crippen LogP contribution in [0.1, 0.15) is 24.2 Å². The number of fused-ring (bicyclic) bond motifs is 1. The molecule has 182 valence electrons. The van der Waals surface area contributed by atoms with Gasteiger partial charge in [-0.2, -0.15) is 0 Å². The lowest BCUT2D eigenvalue weighted by molar-refractivity contribution is 0.101. The predicted molar refractivity (Wildman–Crippen MR) is 137 cm³/mol. The van der Waals surface area contributed by atoms with E-state index >= 15 is 0 Å². The number of nitrogens with zero attached hydrogens (tertiary/aromatic N) is 3. The van der Waals surface area contributed by atoms with Gasteiger partial charge in [0.2, 0.25) is 0 Å². The van der Waals surface area contributed by atoms with Gasteiger partial charge in [-0.15, -0.1) is 0 Å². The number of hydrogen-bond donors (Lipinski definition) is 0. The van der Waals surface area contributed by atoms with Crippen LogP contribution in [0.3, 0.4) is 0 Å². The van der Waals surface area contributed by atoms with Crippen LogP contribution in [0.4, 0.5) is 0 Å². The fourth-order valence-corrected chi connectivity index (χ4v) is 4.89. The molecule has 1 unspecified atom stereocenters. The lowest BCUT2D eigenvalue weighted by Crippen LogP contribution is -2.48. The highest BCUT2D eigenvalue weighted by molar-refractivity contribution is 6.30. The summed E-state index contributed by atoms with van der Waals surface area (Å²) >= 11 is 5.93. The number of rotatable bonds is 10. The summed E-state index contributed by atoms with van der Waals surface area (Å²) in [6.45, 7) is 11.6. The number of methoxy groups -OCH3 is 1. The van der Waals surface area contributed by atoms with E-state index in [4.69, 9.17) is 21.1 Å². The van der Waals surface area contributed by atoms with Crippen molar-refractivity contribution in [3.05, 3.63) is 59.2 Å². The molecule has 0 aliphatic carbocycles. The van der Waals surface area contributed by atoms with E-state index < -0.39 is 0 Å². The second-order valence-electron chi connectivity index (χ2n) is 9.16. The zero-order valence-corrected chi connectivity index (χ0v) is 21.1. The third-order valence-corrected chi connectivity index (χ3v) is 6.75. The number of piperazine rings is 1. The Balaban J connectivity index is 1.27. The standard InChI is InChI=1S/C27H34ClN3O3/c1-20(18-31-19-25(21(2)32)24-5-4-6-26(33-3)27(24)31)17-30-13-11-29(12-14-30)15-16-34-23-9-7-22(28)8-10-23/h4-10,19-20H,11-18H2,1-3H3. The van der Waals surface area contributed by atoms with Crippen molar-refractivity contribution in [1.29, 1.82) is 0 Å². The first-order valence-corrected chi connectivity index (χ1v) is 12.3. The molecule has 1 atom stereocenters. The summed E-state index contributed by atoms with van der Waals surface area (Å²) in [7, 11) is 1.68.